The molecule has 1 unspecified atom stereocenters. The summed E-state index contributed by atoms with van der Waals surface area (Å²) in [6.45, 7) is 2.17. The first-order valence-corrected chi connectivity index (χ1v) is 12.1. The van der Waals surface area contributed by atoms with Crippen molar-refractivity contribution in [3.05, 3.63) is 59.7 Å². The molecule has 180 valence electrons. The fourth-order valence-corrected chi connectivity index (χ4v) is 5.29. The number of ether oxygens (including phenoxy) is 1. The van der Waals surface area contributed by atoms with Gasteiger partial charge in [-0.25, -0.2) is 4.79 Å². The number of benzene rings is 2. The zero-order valence-electron chi connectivity index (χ0n) is 19.5. The molecule has 7 heteroatoms. The Labute approximate surface area is 199 Å². The fraction of sp³-hybridized carbons (Fsp3) is 0.444. The van der Waals surface area contributed by atoms with Crippen LogP contribution in [0.1, 0.15) is 68.9 Å². The minimum atomic E-state index is -1.02. The molecule has 0 radical (unpaired) electrons. The van der Waals surface area contributed by atoms with E-state index in [1.807, 2.05) is 43.3 Å². The fourth-order valence-electron chi connectivity index (χ4n) is 5.29. The Hall–Kier alpha value is -3.35. The predicted molar refractivity (Wildman–Crippen MR) is 128 cm³/mol. The average Bonchev–Trinajstić information content (AvgIpc) is 3.43. The van der Waals surface area contributed by atoms with Gasteiger partial charge in [0.25, 0.3) is 0 Å². The van der Waals surface area contributed by atoms with Crippen molar-refractivity contribution in [2.45, 2.75) is 69.4 Å². The Kier molecular flexibility index (Phi) is 7.20. The third-order valence-electron chi connectivity index (χ3n) is 7.22. The summed E-state index contributed by atoms with van der Waals surface area (Å²) in [6, 6.07) is 15.2. The quantitative estimate of drug-likeness (QED) is 0.503. The molecule has 0 aromatic heterocycles. The minimum absolute atomic E-state index is 0.00512. The second kappa shape index (κ2) is 10.3. The standard InChI is InChI=1S/C27H32N2O5/c1-2-27(15-7-8-16-27)29-25(32)23(13-14-24(30)31)28-26(33)34-17-22-20-11-5-3-9-18(20)19-10-4-6-12-21(19)22/h3-6,9-12,22-23H,2,7-8,13-17H2,1H3,(H,28,33)(H,29,32)(H,30,31). The lowest BCUT2D eigenvalue weighted by Crippen LogP contribution is -2.54. The molecule has 0 spiro atoms. The number of carboxylic acid groups (broad SMARTS) is 1. The van der Waals surface area contributed by atoms with Gasteiger partial charge in [-0.1, -0.05) is 68.3 Å². The second-order valence-electron chi connectivity index (χ2n) is 9.29. The van der Waals surface area contributed by atoms with Gasteiger partial charge < -0.3 is 20.5 Å². The number of carboxylic acids is 1. The number of amides is 2. The molecule has 2 aromatic rings. The average molecular weight is 465 g/mol. The van der Waals surface area contributed by atoms with Gasteiger partial charge in [-0.2, -0.15) is 0 Å². The van der Waals surface area contributed by atoms with Crippen molar-refractivity contribution < 1.29 is 24.2 Å². The van der Waals surface area contributed by atoms with Crippen LogP contribution >= 0.6 is 0 Å². The number of carbonyl (C=O) groups is 3. The summed E-state index contributed by atoms with van der Waals surface area (Å²) in [7, 11) is 0. The topological polar surface area (TPSA) is 105 Å². The number of hydrogen-bond donors (Lipinski definition) is 3. The molecule has 1 saturated carbocycles. The van der Waals surface area contributed by atoms with E-state index in [4.69, 9.17) is 9.84 Å². The molecule has 7 nitrogen and oxygen atoms in total. The van der Waals surface area contributed by atoms with Gasteiger partial charge in [0.15, 0.2) is 0 Å². The van der Waals surface area contributed by atoms with E-state index in [1.54, 1.807) is 0 Å². The van der Waals surface area contributed by atoms with Crippen LogP contribution < -0.4 is 10.6 Å². The summed E-state index contributed by atoms with van der Waals surface area (Å²) in [6.07, 6.45) is 3.75. The molecular weight excluding hydrogens is 432 g/mol. The number of fused-ring (bicyclic) bond motifs is 3. The normalized spacial score (nSPS) is 16.9. The molecular formula is C27H32N2O5. The van der Waals surface area contributed by atoms with Crippen LogP contribution in [0, 0.1) is 0 Å². The molecule has 0 aliphatic heterocycles. The Morgan fingerprint density at radius 1 is 1.03 bits per heavy atom. The van der Waals surface area contributed by atoms with Gasteiger partial charge in [0.05, 0.1) is 0 Å². The van der Waals surface area contributed by atoms with Gasteiger partial charge in [0, 0.05) is 17.9 Å². The monoisotopic (exact) mass is 464 g/mol. The van der Waals surface area contributed by atoms with E-state index in [2.05, 4.69) is 22.8 Å². The zero-order valence-corrected chi connectivity index (χ0v) is 19.5. The van der Waals surface area contributed by atoms with E-state index in [9.17, 15) is 14.4 Å². The first kappa shape index (κ1) is 23.8. The Morgan fingerprint density at radius 3 is 2.18 bits per heavy atom. The number of aliphatic carboxylic acids is 1. The van der Waals surface area contributed by atoms with E-state index < -0.39 is 18.1 Å². The highest BCUT2D eigenvalue weighted by Crippen LogP contribution is 2.44. The molecule has 1 atom stereocenters. The van der Waals surface area contributed by atoms with Gasteiger partial charge >= 0.3 is 12.1 Å². The predicted octanol–water partition coefficient (Wildman–Crippen LogP) is 4.60. The minimum Gasteiger partial charge on any atom is -0.481 e. The molecule has 2 aliphatic rings. The first-order chi connectivity index (χ1) is 16.4. The van der Waals surface area contributed by atoms with Crippen molar-refractivity contribution in [3.8, 4) is 11.1 Å². The van der Waals surface area contributed by atoms with Crippen molar-refractivity contribution in [3.63, 3.8) is 0 Å². The summed E-state index contributed by atoms with van der Waals surface area (Å²) < 4.78 is 5.57. The number of hydrogen-bond acceptors (Lipinski definition) is 4. The Bertz CT molecular complexity index is 1010. The molecule has 0 bridgehead atoms. The van der Waals surface area contributed by atoms with Crippen molar-refractivity contribution in [2.75, 3.05) is 6.61 Å². The van der Waals surface area contributed by atoms with Crippen LogP contribution in [0.25, 0.3) is 11.1 Å². The van der Waals surface area contributed by atoms with Crippen LogP contribution in [0.2, 0.25) is 0 Å². The second-order valence-corrected chi connectivity index (χ2v) is 9.29. The maximum atomic E-state index is 13.0. The summed E-state index contributed by atoms with van der Waals surface area (Å²) in [5.74, 6) is -1.46. The molecule has 0 saturated heterocycles. The van der Waals surface area contributed by atoms with Gasteiger partial charge in [0.2, 0.25) is 5.91 Å². The van der Waals surface area contributed by atoms with Gasteiger partial charge in [-0.15, -0.1) is 0 Å². The van der Waals surface area contributed by atoms with E-state index in [0.717, 1.165) is 54.4 Å². The molecule has 2 aromatic carbocycles. The van der Waals surface area contributed by atoms with Crippen LogP contribution in [0.3, 0.4) is 0 Å². The van der Waals surface area contributed by atoms with Crippen LogP contribution in [0.4, 0.5) is 4.79 Å². The molecule has 3 N–H and O–H groups in total. The van der Waals surface area contributed by atoms with Crippen LogP contribution in [-0.2, 0) is 14.3 Å². The van der Waals surface area contributed by atoms with Gasteiger partial charge in [-0.3, -0.25) is 9.59 Å². The van der Waals surface area contributed by atoms with E-state index in [-0.39, 0.29) is 36.8 Å². The summed E-state index contributed by atoms with van der Waals surface area (Å²) in [5, 5.41) is 14.8. The van der Waals surface area contributed by atoms with Crippen LogP contribution in [0.15, 0.2) is 48.5 Å². The highest BCUT2D eigenvalue weighted by molar-refractivity contribution is 5.87. The largest absolute Gasteiger partial charge is 0.481 e. The summed E-state index contributed by atoms with van der Waals surface area (Å²) >= 11 is 0. The van der Waals surface area contributed by atoms with E-state index in [0.29, 0.717) is 0 Å². The molecule has 2 aliphatic carbocycles. The maximum absolute atomic E-state index is 13.0. The van der Waals surface area contributed by atoms with Crippen molar-refractivity contribution in [1.29, 1.82) is 0 Å². The highest BCUT2D eigenvalue weighted by Gasteiger charge is 2.36. The maximum Gasteiger partial charge on any atom is 0.407 e. The lowest BCUT2D eigenvalue weighted by atomic mass is 9.93. The van der Waals surface area contributed by atoms with Crippen molar-refractivity contribution in [1.82, 2.24) is 10.6 Å². The summed E-state index contributed by atoms with van der Waals surface area (Å²) in [4.78, 5) is 36.9. The third-order valence-corrected chi connectivity index (χ3v) is 7.22. The molecule has 0 heterocycles. The van der Waals surface area contributed by atoms with Crippen LogP contribution in [-0.4, -0.2) is 41.3 Å². The summed E-state index contributed by atoms with van der Waals surface area (Å²) in [5.41, 5.74) is 4.19. The molecule has 4 rings (SSSR count). The van der Waals surface area contributed by atoms with Gasteiger partial charge in [-0.05, 0) is 47.9 Å². The van der Waals surface area contributed by atoms with E-state index in [1.165, 1.54) is 0 Å². The van der Waals surface area contributed by atoms with Crippen molar-refractivity contribution >= 4 is 18.0 Å². The first-order valence-electron chi connectivity index (χ1n) is 12.1. The molecule has 2 amide bonds. The SMILES string of the molecule is CCC1(NC(=O)C(CCC(=O)O)NC(=O)OCC2c3ccccc3-c3ccccc32)CCCC1. The smallest absolute Gasteiger partial charge is 0.407 e. The van der Waals surface area contributed by atoms with E-state index >= 15 is 0 Å². The van der Waals surface area contributed by atoms with Crippen molar-refractivity contribution in [2.24, 2.45) is 0 Å². The lowest BCUT2D eigenvalue weighted by molar-refractivity contribution is -0.137. The lowest BCUT2D eigenvalue weighted by Gasteiger charge is -2.31. The van der Waals surface area contributed by atoms with Crippen LogP contribution in [0.5, 0.6) is 0 Å². The Morgan fingerprint density at radius 2 is 1.62 bits per heavy atom. The number of nitrogens with one attached hydrogen (secondary N) is 2. The third kappa shape index (κ3) is 5.08. The van der Waals surface area contributed by atoms with Gasteiger partial charge in [0.1, 0.15) is 12.6 Å². The number of rotatable bonds is 9. The zero-order chi connectivity index (χ0) is 24.1. The highest BCUT2D eigenvalue weighted by atomic mass is 16.5. The molecule has 1 fully saturated rings. The number of alkyl carbamates (subject to hydrolysis) is 1. The molecule has 34 heavy (non-hydrogen) atoms. The number of carbonyl (C=O) groups excluding carboxylic acids is 2. The Balaban J connectivity index is 1.42.